The fourth-order valence-corrected chi connectivity index (χ4v) is 2.94. The molecule has 0 aromatic carbocycles. The molecule has 1 saturated heterocycles. The van der Waals surface area contributed by atoms with Crippen molar-refractivity contribution in [3.8, 4) is 0 Å². The molecule has 1 rings (SSSR count). The maximum absolute atomic E-state index is 11.4. The van der Waals surface area contributed by atoms with Gasteiger partial charge in [0.1, 0.15) is 0 Å². The third-order valence-corrected chi connectivity index (χ3v) is 3.91. The lowest BCUT2D eigenvalue weighted by Gasteiger charge is -2.26. The lowest BCUT2D eigenvalue weighted by Crippen LogP contribution is -2.44. The molecule has 15 heavy (non-hydrogen) atoms. The van der Waals surface area contributed by atoms with E-state index >= 15 is 0 Å². The van der Waals surface area contributed by atoms with Crippen LogP contribution in [-0.4, -0.2) is 36.7 Å². The van der Waals surface area contributed by atoms with Gasteiger partial charge in [-0.25, -0.2) is 0 Å². The fourth-order valence-electron chi connectivity index (χ4n) is 1.54. The van der Waals surface area contributed by atoms with Crippen LogP contribution < -0.4 is 5.32 Å². The number of ether oxygens (including phenoxy) is 1. The predicted molar refractivity (Wildman–Crippen MR) is 64.1 cm³/mol. The Morgan fingerprint density at radius 3 is 3.07 bits per heavy atom. The van der Waals surface area contributed by atoms with Gasteiger partial charge in [0.2, 0.25) is 5.91 Å². The minimum atomic E-state index is -0.130. The lowest BCUT2D eigenvalue weighted by atomic mass is 10.0. The molecule has 4 heteroatoms. The van der Waals surface area contributed by atoms with Crippen molar-refractivity contribution in [3.05, 3.63) is 12.7 Å². The van der Waals surface area contributed by atoms with E-state index in [1.54, 1.807) is 13.2 Å². The molecule has 1 aliphatic heterocycles. The first kappa shape index (κ1) is 12.6. The second kappa shape index (κ2) is 6.18. The maximum atomic E-state index is 11.4. The highest BCUT2D eigenvalue weighted by Crippen LogP contribution is 2.30. The summed E-state index contributed by atoms with van der Waals surface area (Å²) in [5.41, 5.74) is -0.130. The SMILES string of the molecule is C=CCCC(=O)NC[C@]1(OC)CCSC1. The van der Waals surface area contributed by atoms with Gasteiger partial charge in [0.25, 0.3) is 0 Å². The molecule has 1 fully saturated rings. The van der Waals surface area contributed by atoms with E-state index in [9.17, 15) is 4.79 Å². The number of allylic oxidation sites excluding steroid dienone is 1. The molecule has 0 aromatic rings. The van der Waals surface area contributed by atoms with E-state index in [1.165, 1.54) is 0 Å². The molecular weight excluding hydrogens is 210 g/mol. The molecule has 0 aromatic heterocycles. The van der Waals surface area contributed by atoms with Gasteiger partial charge in [-0.1, -0.05) is 6.08 Å². The van der Waals surface area contributed by atoms with Crippen molar-refractivity contribution >= 4 is 17.7 Å². The summed E-state index contributed by atoms with van der Waals surface area (Å²) in [4.78, 5) is 11.4. The molecule has 0 saturated carbocycles. The van der Waals surface area contributed by atoms with Crippen molar-refractivity contribution in [2.45, 2.75) is 24.9 Å². The van der Waals surface area contributed by atoms with Crippen LogP contribution in [0.1, 0.15) is 19.3 Å². The maximum Gasteiger partial charge on any atom is 0.220 e. The monoisotopic (exact) mass is 229 g/mol. The van der Waals surface area contributed by atoms with Gasteiger partial charge in [-0.2, -0.15) is 11.8 Å². The van der Waals surface area contributed by atoms with Crippen LogP contribution in [0.3, 0.4) is 0 Å². The van der Waals surface area contributed by atoms with Gasteiger partial charge >= 0.3 is 0 Å². The van der Waals surface area contributed by atoms with Gasteiger partial charge < -0.3 is 10.1 Å². The third-order valence-electron chi connectivity index (χ3n) is 2.68. The van der Waals surface area contributed by atoms with Crippen LogP contribution in [0.2, 0.25) is 0 Å². The van der Waals surface area contributed by atoms with Crippen LogP contribution in [-0.2, 0) is 9.53 Å². The Balaban J connectivity index is 2.27. The van der Waals surface area contributed by atoms with Gasteiger partial charge in [-0.15, -0.1) is 6.58 Å². The van der Waals surface area contributed by atoms with Gasteiger partial charge in [0.05, 0.1) is 5.60 Å². The highest BCUT2D eigenvalue weighted by molar-refractivity contribution is 7.99. The van der Waals surface area contributed by atoms with Crippen molar-refractivity contribution in [2.75, 3.05) is 25.2 Å². The Morgan fingerprint density at radius 1 is 1.73 bits per heavy atom. The zero-order valence-electron chi connectivity index (χ0n) is 9.25. The Bertz CT molecular complexity index is 225. The first-order chi connectivity index (χ1) is 7.22. The lowest BCUT2D eigenvalue weighted by molar-refractivity contribution is -0.122. The normalized spacial score (nSPS) is 25.1. The largest absolute Gasteiger partial charge is 0.376 e. The van der Waals surface area contributed by atoms with E-state index in [0.29, 0.717) is 13.0 Å². The molecule has 1 atom stereocenters. The molecule has 1 N–H and O–H groups in total. The zero-order chi connectivity index (χ0) is 11.1. The van der Waals surface area contributed by atoms with Gasteiger partial charge in [0.15, 0.2) is 0 Å². The summed E-state index contributed by atoms with van der Waals surface area (Å²) >= 11 is 1.88. The smallest absolute Gasteiger partial charge is 0.220 e. The number of carbonyl (C=O) groups is 1. The van der Waals surface area contributed by atoms with Gasteiger partial charge in [0, 0.05) is 25.8 Å². The molecule has 3 nitrogen and oxygen atoms in total. The van der Waals surface area contributed by atoms with Crippen molar-refractivity contribution in [1.29, 1.82) is 0 Å². The summed E-state index contributed by atoms with van der Waals surface area (Å²) in [5, 5.41) is 2.93. The summed E-state index contributed by atoms with van der Waals surface area (Å²) in [5.74, 6) is 2.19. The topological polar surface area (TPSA) is 38.3 Å². The zero-order valence-corrected chi connectivity index (χ0v) is 10.1. The summed E-state index contributed by atoms with van der Waals surface area (Å²) in [6.07, 6.45) is 4.05. The molecule has 0 unspecified atom stereocenters. The minimum absolute atomic E-state index is 0.0863. The van der Waals surface area contributed by atoms with Crippen LogP contribution in [0.15, 0.2) is 12.7 Å². The second-order valence-corrected chi connectivity index (χ2v) is 4.90. The quantitative estimate of drug-likeness (QED) is 0.703. The van der Waals surface area contributed by atoms with E-state index in [-0.39, 0.29) is 11.5 Å². The Kier molecular flexibility index (Phi) is 5.19. The summed E-state index contributed by atoms with van der Waals surface area (Å²) in [6.45, 7) is 4.22. The molecule has 0 spiro atoms. The standard InChI is InChI=1S/C11H19NO2S/c1-3-4-5-10(13)12-8-11(14-2)6-7-15-9-11/h3H,1,4-9H2,2H3,(H,12,13)/t11-/m1/s1. The van der Waals surface area contributed by atoms with Crippen LogP contribution in [0, 0.1) is 0 Å². The average molecular weight is 229 g/mol. The number of methoxy groups -OCH3 is 1. The Morgan fingerprint density at radius 2 is 2.53 bits per heavy atom. The van der Waals surface area contributed by atoms with E-state index in [0.717, 1.165) is 24.3 Å². The Hall–Kier alpha value is -0.480. The first-order valence-electron chi connectivity index (χ1n) is 5.23. The van der Waals surface area contributed by atoms with Crippen LogP contribution in [0.5, 0.6) is 0 Å². The third kappa shape index (κ3) is 3.87. The van der Waals surface area contributed by atoms with Crippen molar-refractivity contribution < 1.29 is 9.53 Å². The summed E-state index contributed by atoms with van der Waals surface area (Å²) in [7, 11) is 1.72. The summed E-state index contributed by atoms with van der Waals surface area (Å²) < 4.78 is 5.50. The minimum Gasteiger partial charge on any atom is -0.376 e. The number of thioether (sulfide) groups is 1. The van der Waals surface area contributed by atoms with Crippen molar-refractivity contribution in [2.24, 2.45) is 0 Å². The number of carbonyl (C=O) groups excluding carboxylic acids is 1. The molecule has 0 radical (unpaired) electrons. The highest BCUT2D eigenvalue weighted by atomic mass is 32.2. The number of hydrogen-bond donors (Lipinski definition) is 1. The number of rotatable bonds is 6. The van der Waals surface area contributed by atoms with E-state index in [4.69, 9.17) is 4.74 Å². The molecule has 1 aliphatic rings. The molecule has 1 amide bonds. The van der Waals surface area contributed by atoms with Crippen LogP contribution in [0.4, 0.5) is 0 Å². The van der Waals surface area contributed by atoms with E-state index in [2.05, 4.69) is 11.9 Å². The van der Waals surface area contributed by atoms with Crippen LogP contribution in [0.25, 0.3) is 0 Å². The second-order valence-electron chi connectivity index (χ2n) is 3.79. The first-order valence-corrected chi connectivity index (χ1v) is 6.38. The van der Waals surface area contributed by atoms with Crippen molar-refractivity contribution in [1.82, 2.24) is 5.32 Å². The number of nitrogens with one attached hydrogen (secondary N) is 1. The van der Waals surface area contributed by atoms with E-state index < -0.39 is 0 Å². The molecule has 1 heterocycles. The molecule has 86 valence electrons. The number of amides is 1. The molecule has 0 bridgehead atoms. The number of hydrogen-bond acceptors (Lipinski definition) is 3. The fraction of sp³-hybridized carbons (Fsp3) is 0.727. The van der Waals surface area contributed by atoms with Crippen LogP contribution >= 0.6 is 11.8 Å². The van der Waals surface area contributed by atoms with Gasteiger partial charge in [-0.05, 0) is 18.6 Å². The highest BCUT2D eigenvalue weighted by Gasteiger charge is 2.34. The van der Waals surface area contributed by atoms with E-state index in [1.807, 2.05) is 11.8 Å². The average Bonchev–Trinajstić information content (AvgIpc) is 2.73. The molecule has 0 aliphatic carbocycles. The van der Waals surface area contributed by atoms with Gasteiger partial charge in [-0.3, -0.25) is 4.79 Å². The molecular formula is C11H19NO2S. The predicted octanol–water partition coefficient (Wildman–Crippen LogP) is 1.59. The Labute approximate surface area is 95.6 Å². The van der Waals surface area contributed by atoms with Crippen molar-refractivity contribution in [3.63, 3.8) is 0 Å². The summed E-state index contributed by atoms with van der Waals surface area (Å²) in [6, 6.07) is 0.